The molecule has 3 N–H and O–H groups in total. The zero-order valence-electron chi connectivity index (χ0n) is 20.2. The Kier molecular flexibility index (Phi) is 6.45. The first-order valence-electron chi connectivity index (χ1n) is 11.9. The zero-order valence-corrected chi connectivity index (χ0v) is 20.2. The first kappa shape index (κ1) is 24.5. The number of anilines is 1. The number of rotatable bonds is 2. The van der Waals surface area contributed by atoms with Crippen LogP contribution in [0, 0.1) is 11.3 Å². The number of nitrogens with zero attached hydrogens (tertiary/aromatic N) is 2. The number of fused-ring (bicyclic) bond motifs is 2. The van der Waals surface area contributed by atoms with Crippen molar-refractivity contribution in [3.05, 3.63) is 29.8 Å². The van der Waals surface area contributed by atoms with Crippen molar-refractivity contribution in [3.63, 3.8) is 0 Å². The first-order valence-corrected chi connectivity index (χ1v) is 11.9. The van der Waals surface area contributed by atoms with Crippen molar-refractivity contribution in [2.24, 2.45) is 0 Å². The Labute approximate surface area is 204 Å². The molecule has 4 amide bonds. The Morgan fingerprint density at radius 3 is 2.37 bits per heavy atom. The van der Waals surface area contributed by atoms with Gasteiger partial charge in [0.15, 0.2) is 0 Å². The van der Waals surface area contributed by atoms with E-state index < -0.39 is 35.0 Å². The second kappa shape index (κ2) is 9.21. The average Bonchev–Trinajstić information content (AvgIpc) is 3.32. The van der Waals surface area contributed by atoms with Gasteiger partial charge in [0.2, 0.25) is 5.91 Å². The van der Waals surface area contributed by atoms with Gasteiger partial charge in [-0.05, 0) is 58.1 Å². The van der Waals surface area contributed by atoms with Crippen LogP contribution in [-0.4, -0.2) is 59.0 Å². The van der Waals surface area contributed by atoms with Crippen molar-refractivity contribution in [2.75, 3.05) is 11.9 Å². The Hall–Kier alpha value is -3.61. The molecule has 1 spiro atoms. The van der Waals surface area contributed by atoms with E-state index in [0.29, 0.717) is 31.4 Å². The molecule has 1 aromatic rings. The van der Waals surface area contributed by atoms with Gasteiger partial charge in [-0.3, -0.25) is 14.4 Å². The summed E-state index contributed by atoms with van der Waals surface area (Å²) in [6.07, 6.45) is 2.16. The monoisotopic (exact) mass is 481 g/mol. The quantitative estimate of drug-likeness (QED) is 0.552. The molecule has 186 valence electrons. The molecule has 2 fully saturated rings. The molecular formula is C25H31N5O5. The average molecular weight is 482 g/mol. The largest absolute Gasteiger partial charge is 0.444 e. The van der Waals surface area contributed by atoms with Crippen molar-refractivity contribution >= 4 is 29.5 Å². The molecule has 0 radical (unpaired) electrons. The van der Waals surface area contributed by atoms with Crippen LogP contribution in [0.5, 0.6) is 0 Å². The first-order chi connectivity index (χ1) is 16.5. The zero-order chi connectivity index (χ0) is 25.4. The minimum Gasteiger partial charge on any atom is -0.444 e. The van der Waals surface area contributed by atoms with Crippen LogP contribution in [-0.2, 0) is 24.5 Å². The van der Waals surface area contributed by atoms with Crippen LogP contribution in [0.3, 0.4) is 0 Å². The maximum Gasteiger partial charge on any atom is 0.407 e. The van der Waals surface area contributed by atoms with Crippen molar-refractivity contribution in [2.45, 2.75) is 82.0 Å². The topological polar surface area (TPSA) is 141 Å². The number of carbonyl (C=O) groups excluding carboxylic acids is 4. The molecule has 35 heavy (non-hydrogen) atoms. The van der Waals surface area contributed by atoms with Gasteiger partial charge in [-0.2, -0.15) is 5.26 Å². The smallest absolute Gasteiger partial charge is 0.407 e. The maximum atomic E-state index is 13.0. The van der Waals surface area contributed by atoms with Gasteiger partial charge in [0.25, 0.3) is 0 Å². The van der Waals surface area contributed by atoms with Crippen LogP contribution in [0.4, 0.5) is 10.5 Å². The number of hydrogen-bond acceptors (Lipinski definition) is 6. The molecule has 2 heterocycles. The molecule has 0 bridgehead atoms. The lowest BCUT2D eigenvalue weighted by molar-refractivity contribution is -0.146. The Morgan fingerprint density at radius 1 is 1.11 bits per heavy atom. The minimum atomic E-state index is -1.03. The van der Waals surface area contributed by atoms with E-state index in [1.165, 1.54) is 4.90 Å². The highest BCUT2D eigenvalue weighted by molar-refractivity contribution is 6.35. The number of likely N-dealkylation sites (tertiary alicyclic amines) is 1. The highest BCUT2D eigenvalue weighted by Crippen LogP contribution is 2.46. The molecule has 1 saturated heterocycles. The third-order valence-electron chi connectivity index (χ3n) is 6.87. The molecule has 1 aliphatic carbocycles. The standard InChI is InChI=1S/C25H31N5O5/c1-24(2,3)35-23(34)28-16-10-8-15(9-11-16)27-20(31)21(32)30-14-25(12-17(30)13-26)18-6-4-5-7-19(18)29-22(25)33/h4-7,15-17H,8-12,14H2,1-3H3,(H,27,31)(H,28,34)(H,29,33)/t15?,16?,17-,25-/m0/s1. The highest BCUT2D eigenvalue weighted by Gasteiger charge is 2.56. The molecule has 0 aromatic heterocycles. The summed E-state index contributed by atoms with van der Waals surface area (Å²) < 4.78 is 5.29. The van der Waals surface area contributed by atoms with Gasteiger partial charge in [-0.25, -0.2) is 4.79 Å². The number of carbonyl (C=O) groups is 4. The van der Waals surface area contributed by atoms with Gasteiger partial charge >= 0.3 is 17.9 Å². The number of benzene rings is 1. The molecule has 2 aliphatic heterocycles. The fourth-order valence-corrected chi connectivity index (χ4v) is 5.20. The van der Waals surface area contributed by atoms with Crippen LogP contribution in [0.1, 0.15) is 58.4 Å². The van der Waals surface area contributed by atoms with E-state index in [-0.39, 0.29) is 31.0 Å². The molecule has 4 rings (SSSR count). The van der Waals surface area contributed by atoms with Gasteiger partial charge in [-0.15, -0.1) is 0 Å². The summed E-state index contributed by atoms with van der Waals surface area (Å²) in [6.45, 7) is 5.37. The number of hydrogen-bond donors (Lipinski definition) is 3. The molecule has 1 saturated carbocycles. The SMILES string of the molecule is CC(C)(C)OC(=O)NC1CCC(NC(=O)C(=O)N2C[C@]3(C[C@H]2C#N)C(=O)Nc2ccccc23)CC1. The fraction of sp³-hybridized carbons (Fsp3) is 0.560. The normalized spacial score (nSPS) is 27.5. The predicted molar refractivity (Wildman–Crippen MR) is 126 cm³/mol. The van der Waals surface area contributed by atoms with Crippen LogP contribution < -0.4 is 16.0 Å². The third-order valence-corrected chi connectivity index (χ3v) is 6.87. The number of nitrogens with one attached hydrogen (secondary N) is 3. The van der Waals surface area contributed by atoms with Crippen LogP contribution in [0.25, 0.3) is 0 Å². The lowest BCUT2D eigenvalue weighted by atomic mass is 9.80. The molecule has 10 heteroatoms. The molecular weight excluding hydrogens is 450 g/mol. The number of nitriles is 1. The van der Waals surface area contributed by atoms with E-state index in [4.69, 9.17) is 4.74 Å². The van der Waals surface area contributed by atoms with Crippen LogP contribution in [0.2, 0.25) is 0 Å². The minimum absolute atomic E-state index is 0.0210. The summed E-state index contributed by atoms with van der Waals surface area (Å²) in [5.74, 6) is -1.84. The summed E-state index contributed by atoms with van der Waals surface area (Å²) in [4.78, 5) is 51.9. The number of amides is 4. The van der Waals surface area contributed by atoms with E-state index >= 15 is 0 Å². The van der Waals surface area contributed by atoms with E-state index in [2.05, 4.69) is 22.0 Å². The van der Waals surface area contributed by atoms with Crippen molar-refractivity contribution in [1.82, 2.24) is 15.5 Å². The van der Waals surface area contributed by atoms with E-state index in [1.807, 2.05) is 18.2 Å². The number of para-hydroxylation sites is 1. The van der Waals surface area contributed by atoms with E-state index in [0.717, 1.165) is 5.56 Å². The fourth-order valence-electron chi connectivity index (χ4n) is 5.20. The number of ether oxygens (including phenoxy) is 1. The van der Waals surface area contributed by atoms with Gasteiger partial charge in [0.1, 0.15) is 11.6 Å². The van der Waals surface area contributed by atoms with Crippen molar-refractivity contribution in [1.29, 1.82) is 5.26 Å². The Balaban J connectivity index is 1.34. The summed E-state index contributed by atoms with van der Waals surface area (Å²) in [5.41, 5.74) is -0.188. The summed E-state index contributed by atoms with van der Waals surface area (Å²) in [7, 11) is 0. The summed E-state index contributed by atoms with van der Waals surface area (Å²) in [6, 6.07) is 8.17. The van der Waals surface area contributed by atoms with E-state index in [1.54, 1.807) is 26.8 Å². The second-order valence-corrected chi connectivity index (χ2v) is 10.5. The summed E-state index contributed by atoms with van der Waals surface area (Å²) >= 11 is 0. The lowest BCUT2D eigenvalue weighted by Gasteiger charge is -2.31. The van der Waals surface area contributed by atoms with E-state index in [9.17, 15) is 24.4 Å². The Bertz CT molecular complexity index is 1080. The van der Waals surface area contributed by atoms with Gasteiger partial charge < -0.3 is 25.6 Å². The van der Waals surface area contributed by atoms with Gasteiger partial charge in [0, 0.05) is 30.7 Å². The van der Waals surface area contributed by atoms with Crippen LogP contribution >= 0.6 is 0 Å². The maximum absolute atomic E-state index is 13.0. The highest BCUT2D eigenvalue weighted by atomic mass is 16.6. The molecule has 2 atom stereocenters. The van der Waals surface area contributed by atoms with Crippen LogP contribution in [0.15, 0.2) is 24.3 Å². The lowest BCUT2D eigenvalue weighted by Crippen LogP contribution is -2.50. The molecule has 0 unspecified atom stereocenters. The summed E-state index contributed by atoms with van der Waals surface area (Å²) in [5, 5.41) is 18.1. The van der Waals surface area contributed by atoms with Gasteiger partial charge in [0.05, 0.1) is 11.5 Å². The van der Waals surface area contributed by atoms with Crippen molar-refractivity contribution in [3.8, 4) is 6.07 Å². The second-order valence-electron chi connectivity index (χ2n) is 10.5. The molecule has 1 aromatic carbocycles. The molecule has 10 nitrogen and oxygen atoms in total. The Morgan fingerprint density at radius 2 is 1.74 bits per heavy atom. The van der Waals surface area contributed by atoms with Gasteiger partial charge in [-0.1, -0.05) is 18.2 Å². The predicted octanol–water partition coefficient (Wildman–Crippen LogP) is 1.95. The molecule has 3 aliphatic rings. The van der Waals surface area contributed by atoms with Crippen molar-refractivity contribution < 1.29 is 23.9 Å². The third kappa shape index (κ3) is 4.94. The number of alkyl carbamates (subject to hydrolysis) is 1.